The second kappa shape index (κ2) is 5.98. The molecule has 1 aliphatic rings. The molecule has 2 atom stereocenters. The van der Waals surface area contributed by atoms with Crippen molar-refractivity contribution in [2.75, 3.05) is 0 Å². The number of aliphatic carboxylic acids is 1. The van der Waals surface area contributed by atoms with E-state index in [0.717, 1.165) is 18.2 Å². The number of amides is 1. The van der Waals surface area contributed by atoms with Gasteiger partial charge in [0.25, 0.3) is 0 Å². The maximum Gasteiger partial charge on any atom is 0.306 e. The molecule has 1 fully saturated rings. The molecule has 6 heteroatoms. The molecule has 0 bridgehead atoms. The third kappa shape index (κ3) is 3.53. The molecular weight excluding hydrogens is 268 g/mol. The summed E-state index contributed by atoms with van der Waals surface area (Å²) in [6.07, 6.45) is 1.24. The molecule has 0 aromatic heterocycles. The van der Waals surface area contributed by atoms with Crippen LogP contribution in [-0.4, -0.2) is 23.0 Å². The van der Waals surface area contributed by atoms with E-state index >= 15 is 0 Å². The van der Waals surface area contributed by atoms with Crippen molar-refractivity contribution in [3.8, 4) is 0 Å². The molecule has 20 heavy (non-hydrogen) atoms. The van der Waals surface area contributed by atoms with Crippen LogP contribution in [-0.2, 0) is 16.0 Å². The summed E-state index contributed by atoms with van der Waals surface area (Å²) < 4.78 is 26.4. The van der Waals surface area contributed by atoms with Crippen molar-refractivity contribution in [3.63, 3.8) is 0 Å². The highest BCUT2D eigenvalue weighted by atomic mass is 19.1. The van der Waals surface area contributed by atoms with Crippen LogP contribution in [0.4, 0.5) is 8.78 Å². The zero-order valence-corrected chi connectivity index (χ0v) is 10.7. The summed E-state index contributed by atoms with van der Waals surface area (Å²) in [6, 6.07) is 2.75. The topological polar surface area (TPSA) is 66.4 Å². The minimum absolute atomic E-state index is 0.00437. The van der Waals surface area contributed by atoms with Crippen LogP contribution in [0.3, 0.4) is 0 Å². The van der Waals surface area contributed by atoms with Gasteiger partial charge in [-0.15, -0.1) is 0 Å². The average molecular weight is 283 g/mol. The Morgan fingerprint density at radius 1 is 1.30 bits per heavy atom. The molecule has 0 unspecified atom stereocenters. The minimum Gasteiger partial charge on any atom is -0.481 e. The second-order valence-corrected chi connectivity index (χ2v) is 5.03. The summed E-state index contributed by atoms with van der Waals surface area (Å²) in [5, 5.41) is 11.5. The normalized spacial score (nSPS) is 21.7. The van der Waals surface area contributed by atoms with Crippen molar-refractivity contribution in [1.82, 2.24) is 5.32 Å². The van der Waals surface area contributed by atoms with Crippen molar-refractivity contribution in [3.05, 3.63) is 35.4 Å². The Balaban J connectivity index is 1.90. The van der Waals surface area contributed by atoms with Crippen LogP contribution in [0.5, 0.6) is 0 Å². The largest absolute Gasteiger partial charge is 0.481 e. The van der Waals surface area contributed by atoms with Crippen molar-refractivity contribution in [2.24, 2.45) is 5.92 Å². The highest BCUT2D eigenvalue weighted by Crippen LogP contribution is 2.25. The number of carboxylic acid groups (broad SMARTS) is 1. The average Bonchev–Trinajstić information content (AvgIpc) is 2.82. The lowest BCUT2D eigenvalue weighted by Gasteiger charge is -2.12. The van der Waals surface area contributed by atoms with Gasteiger partial charge in [-0.3, -0.25) is 9.59 Å². The first kappa shape index (κ1) is 14.4. The van der Waals surface area contributed by atoms with Crippen LogP contribution in [0.15, 0.2) is 18.2 Å². The van der Waals surface area contributed by atoms with Gasteiger partial charge in [-0.25, -0.2) is 8.78 Å². The lowest BCUT2D eigenvalue weighted by molar-refractivity contribution is -0.141. The molecule has 0 saturated heterocycles. The van der Waals surface area contributed by atoms with Crippen LogP contribution < -0.4 is 5.32 Å². The van der Waals surface area contributed by atoms with Crippen LogP contribution in [0.2, 0.25) is 0 Å². The first-order chi connectivity index (χ1) is 9.45. The van der Waals surface area contributed by atoms with Crippen LogP contribution in [0.25, 0.3) is 0 Å². The number of rotatable bonds is 4. The van der Waals surface area contributed by atoms with Crippen molar-refractivity contribution in [1.29, 1.82) is 0 Å². The fraction of sp³-hybridized carbons (Fsp3) is 0.429. The Morgan fingerprint density at radius 3 is 2.70 bits per heavy atom. The van der Waals surface area contributed by atoms with E-state index in [1.54, 1.807) is 0 Å². The highest BCUT2D eigenvalue weighted by Gasteiger charge is 2.30. The van der Waals surface area contributed by atoms with Gasteiger partial charge in [0, 0.05) is 11.6 Å². The third-order valence-electron chi connectivity index (χ3n) is 3.51. The van der Waals surface area contributed by atoms with Gasteiger partial charge in [0.2, 0.25) is 5.91 Å². The summed E-state index contributed by atoms with van der Waals surface area (Å²) >= 11 is 0. The van der Waals surface area contributed by atoms with E-state index in [-0.39, 0.29) is 18.0 Å². The van der Waals surface area contributed by atoms with Gasteiger partial charge in [0.15, 0.2) is 0 Å². The molecular formula is C14H15F2NO3. The molecule has 0 aliphatic heterocycles. The molecule has 108 valence electrons. The zero-order valence-electron chi connectivity index (χ0n) is 10.7. The first-order valence-electron chi connectivity index (χ1n) is 6.42. The Morgan fingerprint density at radius 2 is 2.05 bits per heavy atom. The molecule has 1 saturated carbocycles. The lowest BCUT2D eigenvalue weighted by Crippen LogP contribution is -2.34. The fourth-order valence-corrected chi connectivity index (χ4v) is 2.47. The SMILES string of the molecule is O=C(Cc1cc(F)ccc1F)N[C@@H]1CC[C@@H](C(=O)O)C1. The predicted octanol–water partition coefficient (Wildman–Crippen LogP) is 1.88. The van der Waals surface area contributed by atoms with Gasteiger partial charge in [-0.1, -0.05) is 0 Å². The Bertz CT molecular complexity index is 533. The van der Waals surface area contributed by atoms with Crippen molar-refractivity contribution < 1.29 is 23.5 Å². The van der Waals surface area contributed by atoms with Gasteiger partial charge in [-0.2, -0.15) is 0 Å². The molecule has 0 radical (unpaired) electrons. The Hall–Kier alpha value is -1.98. The molecule has 4 nitrogen and oxygen atoms in total. The number of carbonyl (C=O) groups excluding carboxylic acids is 1. The standard InChI is InChI=1S/C14H15F2NO3/c15-10-2-4-12(16)9(5-10)7-13(18)17-11-3-1-8(6-11)14(19)20/h2,4-5,8,11H,1,3,6-7H2,(H,17,18)(H,19,20)/t8-,11-/m1/s1. The van der Waals surface area contributed by atoms with Gasteiger partial charge in [-0.05, 0) is 37.5 Å². The Labute approximate surface area is 114 Å². The van der Waals surface area contributed by atoms with E-state index in [2.05, 4.69) is 5.32 Å². The number of benzene rings is 1. The highest BCUT2D eigenvalue weighted by molar-refractivity contribution is 5.79. The van der Waals surface area contributed by atoms with Crippen LogP contribution in [0.1, 0.15) is 24.8 Å². The number of hydrogen-bond donors (Lipinski definition) is 2. The van der Waals surface area contributed by atoms with Crippen molar-refractivity contribution >= 4 is 11.9 Å². The van der Waals surface area contributed by atoms with E-state index in [9.17, 15) is 18.4 Å². The van der Waals surface area contributed by atoms with Gasteiger partial charge >= 0.3 is 5.97 Å². The fourth-order valence-electron chi connectivity index (χ4n) is 2.47. The smallest absolute Gasteiger partial charge is 0.306 e. The molecule has 1 aromatic rings. The molecule has 0 heterocycles. The number of hydrogen-bond acceptors (Lipinski definition) is 2. The number of carbonyl (C=O) groups is 2. The predicted molar refractivity (Wildman–Crippen MR) is 67.0 cm³/mol. The number of halogens is 2. The molecule has 0 spiro atoms. The van der Waals surface area contributed by atoms with E-state index in [0.29, 0.717) is 19.3 Å². The third-order valence-corrected chi connectivity index (χ3v) is 3.51. The van der Waals surface area contributed by atoms with Crippen LogP contribution >= 0.6 is 0 Å². The van der Waals surface area contributed by atoms with E-state index in [1.807, 2.05) is 0 Å². The van der Waals surface area contributed by atoms with Crippen LogP contribution in [0, 0.1) is 17.6 Å². The molecule has 2 N–H and O–H groups in total. The van der Waals surface area contributed by atoms with Gasteiger partial charge in [0.05, 0.1) is 12.3 Å². The minimum atomic E-state index is -0.863. The summed E-state index contributed by atoms with van der Waals surface area (Å²) in [5.41, 5.74) is -0.00437. The van der Waals surface area contributed by atoms with Gasteiger partial charge < -0.3 is 10.4 Å². The van der Waals surface area contributed by atoms with Gasteiger partial charge in [0.1, 0.15) is 11.6 Å². The van der Waals surface area contributed by atoms with E-state index in [4.69, 9.17) is 5.11 Å². The molecule has 1 amide bonds. The maximum atomic E-state index is 13.4. The first-order valence-corrected chi connectivity index (χ1v) is 6.42. The summed E-state index contributed by atoms with van der Waals surface area (Å²) in [4.78, 5) is 22.6. The van der Waals surface area contributed by atoms with E-state index < -0.39 is 29.4 Å². The Kier molecular flexibility index (Phi) is 4.32. The monoisotopic (exact) mass is 283 g/mol. The maximum absolute atomic E-state index is 13.4. The number of carboxylic acids is 1. The van der Waals surface area contributed by atoms with Crippen molar-refractivity contribution in [2.45, 2.75) is 31.7 Å². The second-order valence-electron chi connectivity index (χ2n) is 5.03. The number of nitrogens with one attached hydrogen (secondary N) is 1. The van der Waals surface area contributed by atoms with E-state index in [1.165, 1.54) is 0 Å². The lowest BCUT2D eigenvalue weighted by atomic mass is 10.1. The summed E-state index contributed by atoms with van der Waals surface area (Å²) in [6.45, 7) is 0. The molecule has 2 rings (SSSR count). The zero-order chi connectivity index (χ0) is 14.7. The quantitative estimate of drug-likeness (QED) is 0.886. The molecule has 1 aliphatic carbocycles. The molecule has 1 aromatic carbocycles. The summed E-state index contributed by atoms with van der Waals surface area (Å²) in [7, 11) is 0. The summed E-state index contributed by atoms with van der Waals surface area (Å²) in [5.74, 6) is -2.95.